The van der Waals surface area contributed by atoms with Gasteiger partial charge in [-0.1, -0.05) is 54.1 Å². The number of carbonyl (C=O) groups excluding carboxylic acids is 2. The van der Waals surface area contributed by atoms with E-state index in [-0.39, 0.29) is 23.1 Å². The third-order valence-corrected chi connectivity index (χ3v) is 4.83. The lowest BCUT2D eigenvalue weighted by molar-refractivity contribution is -0.117. The summed E-state index contributed by atoms with van der Waals surface area (Å²) in [5.41, 5.74) is 4.15. The highest BCUT2D eigenvalue weighted by Gasteiger charge is 2.16. The highest BCUT2D eigenvalue weighted by Crippen LogP contribution is 2.31. The van der Waals surface area contributed by atoms with Crippen LogP contribution in [-0.4, -0.2) is 24.8 Å². The molecule has 160 valence electrons. The van der Waals surface area contributed by atoms with Crippen LogP contribution in [0.1, 0.15) is 21.5 Å². The fraction of sp³-hybridized carbons (Fsp3) is 0.0417. The second kappa shape index (κ2) is 9.80. The Morgan fingerprint density at radius 3 is 2.47 bits per heavy atom. The zero-order valence-electron chi connectivity index (χ0n) is 16.7. The summed E-state index contributed by atoms with van der Waals surface area (Å²) in [6, 6.07) is 21.0. The normalized spacial score (nSPS) is 12.6. The number of nitrogens with zero attached hydrogens (tertiary/aromatic N) is 1. The zero-order valence-corrected chi connectivity index (χ0v) is 17.5. The quantitative estimate of drug-likeness (QED) is 0.339. The van der Waals surface area contributed by atoms with Gasteiger partial charge in [0.2, 0.25) is 6.79 Å². The highest BCUT2D eigenvalue weighted by atomic mass is 35.5. The summed E-state index contributed by atoms with van der Waals surface area (Å²) in [7, 11) is 0. The van der Waals surface area contributed by atoms with Crippen molar-refractivity contribution in [2.75, 3.05) is 6.79 Å². The number of amides is 2. The summed E-state index contributed by atoms with van der Waals surface area (Å²) in [5, 5.41) is 6.89. The van der Waals surface area contributed by atoms with E-state index in [1.807, 2.05) is 30.3 Å². The van der Waals surface area contributed by atoms with Gasteiger partial charge in [0.05, 0.1) is 16.8 Å². The maximum absolute atomic E-state index is 12.8. The molecular formula is C24H18ClN3O4. The molecule has 2 amide bonds. The van der Waals surface area contributed by atoms with Crippen molar-refractivity contribution in [3.8, 4) is 11.5 Å². The Kier molecular flexibility index (Phi) is 6.48. The predicted octanol–water partition coefficient (Wildman–Crippen LogP) is 3.99. The van der Waals surface area contributed by atoms with E-state index in [1.165, 1.54) is 6.21 Å². The van der Waals surface area contributed by atoms with Gasteiger partial charge in [-0.2, -0.15) is 5.10 Å². The van der Waals surface area contributed by atoms with Crippen LogP contribution in [0, 0.1) is 0 Å². The minimum atomic E-state index is -0.591. The molecule has 8 heteroatoms. The molecule has 3 aromatic carbocycles. The van der Waals surface area contributed by atoms with Gasteiger partial charge in [-0.05, 0) is 47.5 Å². The monoisotopic (exact) mass is 447 g/mol. The first-order valence-electron chi connectivity index (χ1n) is 9.66. The number of benzene rings is 3. The van der Waals surface area contributed by atoms with Crippen molar-refractivity contribution in [1.82, 2.24) is 10.7 Å². The Bertz CT molecular complexity index is 1210. The molecule has 0 radical (unpaired) electrons. The molecule has 1 aliphatic rings. The predicted molar refractivity (Wildman–Crippen MR) is 122 cm³/mol. The van der Waals surface area contributed by atoms with E-state index in [0.29, 0.717) is 17.1 Å². The van der Waals surface area contributed by atoms with Crippen LogP contribution in [0.2, 0.25) is 5.02 Å². The van der Waals surface area contributed by atoms with Crippen molar-refractivity contribution in [2.24, 2.45) is 5.10 Å². The molecule has 2 N–H and O–H groups in total. The smallest absolute Gasteiger partial charge is 0.287 e. The Labute approximate surface area is 189 Å². The summed E-state index contributed by atoms with van der Waals surface area (Å²) >= 11 is 6.11. The molecule has 0 fully saturated rings. The number of ether oxygens (including phenoxy) is 2. The largest absolute Gasteiger partial charge is 0.454 e. The number of nitrogens with one attached hydrogen (secondary N) is 2. The average molecular weight is 448 g/mol. The van der Waals surface area contributed by atoms with Gasteiger partial charge in [0.25, 0.3) is 11.8 Å². The van der Waals surface area contributed by atoms with Crippen LogP contribution in [0.15, 0.2) is 83.6 Å². The number of hydrazone groups is 1. The van der Waals surface area contributed by atoms with E-state index in [1.54, 1.807) is 48.5 Å². The highest BCUT2D eigenvalue weighted by molar-refractivity contribution is 6.34. The molecule has 1 heterocycles. The minimum Gasteiger partial charge on any atom is -0.454 e. The molecule has 0 saturated heterocycles. The third kappa shape index (κ3) is 5.14. The summed E-state index contributed by atoms with van der Waals surface area (Å²) < 4.78 is 10.6. The van der Waals surface area contributed by atoms with Crippen LogP contribution in [-0.2, 0) is 4.79 Å². The molecule has 32 heavy (non-hydrogen) atoms. The summed E-state index contributed by atoms with van der Waals surface area (Å²) in [6.45, 7) is 0.172. The first-order valence-corrected chi connectivity index (χ1v) is 10.0. The molecule has 0 aromatic heterocycles. The maximum atomic E-state index is 12.8. The second-order valence-electron chi connectivity index (χ2n) is 6.71. The van der Waals surface area contributed by atoms with Crippen LogP contribution in [0.4, 0.5) is 0 Å². The van der Waals surface area contributed by atoms with Gasteiger partial charge < -0.3 is 14.8 Å². The minimum absolute atomic E-state index is 0.0176. The third-order valence-electron chi connectivity index (χ3n) is 4.50. The fourth-order valence-corrected chi connectivity index (χ4v) is 3.15. The Balaban J connectivity index is 1.51. The molecule has 7 nitrogen and oxygen atoms in total. The molecule has 0 spiro atoms. The number of hydrogen-bond donors (Lipinski definition) is 2. The number of carbonyl (C=O) groups is 2. The first-order chi connectivity index (χ1) is 15.6. The van der Waals surface area contributed by atoms with Gasteiger partial charge in [0, 0.05) is 0 Å². The van der Waals surface area contributed by atoms with Crippen molar-refractivity contribution in [3.05, 3.63) is 100 Å². The molecule has 1 aliphatic heterocycles. The Morgan fingerprint density at radius 2 is 1.66 bits per heavy atom. The number of hydrogen-bond acceptors (Lipinski definition) is 5. The summed E-state index contributed by atoms with van der Waals surface area (Å²) in [6.07, 6.45) is 3.02. The van der Waals surface area contributed by atoms with Crippen LogP contribution < -0.4 is 20.2 Å². The zero-order chi connectivity index (χ0) is 22.3. The van der Waals surface area contributed by atoms with E-state index in [4.69, 9.17) is 21.1 Å². The molecule has 0 unspecified atom stereocenters. The lowest BCUT2D eigenvalue weighted by Crippen LogP contribution is -2.33. The van der Waals surface area contributed by atoms with E-state index < -0.39 is 11.8 Å². The van der Waals surface area contributed by atoms with Gasteiger partial charge in [-0.3, -0.25) is 9.59 Å². The van der Waals surface area contributed by atoms with Crippen LogP contribution in [0.3, 0.4) is 0 Å². The van der Waals surface area contributed by atoms with Crippen molar-refractivity contribution in [3.63, 3.8) is 0 Å². The molecule has 4 rings (SSSR count). The topological polar surface area (TPSA) is 89.0 Å². The van der Waals surface area contributed by atoms with E-state index in [9.17, 15) is 9.59 Å². The molecule has 0 saturated carbocycles. The average Bonchev–Trinajstić information content (AvgIpc) is 3.27. The van der Waals surface area contributed by atoms with Gasteiger partial charge in [0.1, 0.15) is 5.70 Å². The van der Waals surface area contributed by atoms with Gasteiger partial charge in [0.15, 0.2) is 11.5 Å². The standard InChI is InChI=1S/C24H18ClN3O4/c25-19-9-5-4-8-18(19)23(29)27-20(12-16-6-2-1-3-7-16)24(30)28-26-14-17-10-11-21-22(13-17)32-15-31-21/h1-14H,15H2,(H,27,29)(H,28,30)/b20-12+,26-14+. The van der Waals surface area contributed by atoms with Crippen molar-refractivity contribution in [1.29, 1.82) is 0 Å². The van der Waals surface area contributed by atoms with E-state index >= 15 is 0 Å². The second-order valence-corrected chi connectivity index (χ2v) is 7.12. The van der Waals surface area contributed by atoms with E-state index in [2.05, 4.69) is 15.8 Å². The van der Waals surface area contributed by atoms with Gasteiger partial charge >= 0.3 is 0 Å². The van der Waals surface area contributed by atoms with Crippen molar-refractivity contribution in [2.45, 2.75) is 0 Å². The van der Waals surface area contributed by atoms with Crippen LogP contribution in [0.25, 0.3) is 6.08 Å². The van der Waals surface area contributed by atoms with Crippen molar-refractivity contribution < 1.29 is 19.1 Å². The fourth-order valence-electron chi connectivity index (χ4n) is 2.93. The van der Waals surface area contributed by atoms with Gasteiger partial charge in [-0.25, -0.2) is 5.43 Å². The number of rotatable bonds is 6. The number of halogens is 1. The van der Waals surface area contributed by atoms with Crippen LogP contribution in [0.5, 0.6) is 11.5 Å². The molecule has 0 bridgehead atoms. The van der Waals surface area contributed by atoms with E-state index in [0.717, 1.165) is 5.56 Å². The van der Waals surface area contributed by atoms with Crippen LogP contribution >= 0.6 is 11.6 Å². The van der Waals surface area contributed by atoms with Crippen molar-refractivity contribution >= 4 is 35.7 Å². The Morgan fingerprint density at radius 1 is 0.906 bits per heavy atom. The molecule has 3 aromatic rings. The molecular weight excluding hydrogens is 430 g/mol. The molecule has 0 aliphatic carbocycles. The SMILES string of the molecule is O=C(N/N=C/c1ccc2c(c1)OCO2)/C(=C\c1ccccc1)NC(=O)c1ccccc1Cl. The lowest BCUT2D eigenvalue weighted by Gasteiger charge is -2.10. The first kappa shape index (κ1) is 21.1. The lowest BCUT2D eigenvalue weighted by atomic mass is 10.1. The number of fused-ring (bicyclic) bond motifs is 1. The summed E-state index contributed by atoms with van der Waals surface area (Å²) in [4.78, 5) is 25.5. The maximum Gasteiger partial charge on any atom is 0.287 e. The van der Waals surface area contributed by atoms with Gasteiger partial charge in [-0.15, -0.1) is 0 Å². The summed E-state index contributed by atoms with van der Waals surface area (Å²) in [5.74, 6) is 0.164. The Hall–Kier alpha value is -4.10. The molecule has 0 atom stereocenters.